The second kappa shape index (κ2) is 4.57. The number of hydrogen-bond donors (Lipinski definition) is 0. The Labute approximate surface area is 96.1 Å². The van der Waals surface area contributed by atoms with Crippen molar-refractivity contribution in [1.29, 1.82) is 0 Å². The molecule has 0 unspecified atom stereocenters. The molecular weight excluding hydrogens is 303 g/mol. The molecule has 0 heterocycles. The number of benzene rings is 1. The van der Waals surface area contributed by atoms with Crippen molar-refractivity contribution in [3.8, 4) is 5.75 Å². The van der Waals surface area contributed by atoms with Gasteiger partial charge in [-0.3, -0.25) is 0 Å². The zero-order valence-electron chi connectivity index (χ0n) is 7.04. The van der Waals surface area contributed by atoms with Gasteiger partial charge in [0.2, 0.25) is 0 Å². The van der Waals surface area contributed by atoms with E-state index in [4.69, 9.17) is 11.6 Å². The smallest absolute Gasteiger partial charge is 0.422 e. The molecule has 0 fully saturated rings. The van der Waals surface area contributed by atoms with Crippen LogP contribution in [0.3, 0.4) is 0 Å². The minimum atomic E-state index is -4.45. The van der Waals surface area contributed by atoms with Crippen LogP contribution in [-0.4, -0.2) is 12.8 Å². The summed E-state index contributed by atoms with van der Waals surface area (Å²) in [6, 6.07) is 1.92. The number of halogens is 6. The summed E-state index contributed by atoms with van der Waals surface area (Å²) in [6.07, 6.45) is -4.45. The molecule has 1 aromatic rings. The Balaban J connectivity index is 2.82. The summed E-state index contributed by atoms with van der Waals surface area (Å²) < 4.78 is 52.6. The molecule has 0 aliphatic heterocycles. The van der Waals surface area contributed by atoms with Crippen molar-refractivity contribution >= 4 is 27.5 Å². The molecule has 1 nitrogen and oxygen atoms in total. The lowest BCUT2D eigenvalue weighted by molar-refractivity contribution is -0.153. The molecule has 1 aromatic carbocycles. The summed E-state index contributed by atoms with van der Waals surface area (Å²) in [5, 5.41) is -0.208. The van der Waals surface area contributed by atoms with E-state index in [9.17, 15) is 17.6 Å². The van der Waals surface area contributed by atoms with Crippen molar-refractivity contribution in [3.63, 3.8) is 0 Å². The quantitative estimate of drug-likeness (QED) is 0.588. The van der Waals surface area contributed by atoms with E-state index in [1.807, 2.05) is 0 Å². The molecule has 0 aromatic heterocycles. The van der Waals surface area contributed by atoms with Crippen molar-refractivity contribution < 1.29 is 22.3 Å². The molecule has 0 radical (unpaired) electrons. The molecule has 84 valence electrons. The first kappa shape index (κ1) is 12.6. The van der Waals surface area contributed by atoms with E-state index < -0.39 is 18.6 Å². The van der Waals surface area contributed by atoms with E-state index in [0.29, 0.717) is 0 Å². The minimum absolute atomic E-state index is 0.0101. The first-order valence-corrected chi connectivity index (χ1v) is 4.81. The fourth-order valence-corrected chi connectivity index (χ4v) is 1.30. The fourth-order valence-electron chi connectivity index (χ4n) is 0.775. The van der Waals surface area contributed by atoms with Crippen LogP contribution in [0.5, 0.6) is 5.75 Å². The third kappa shape index (κ3) is 3.87. The van der Waals surface area contributed by atoms with Crippen LogP contribution in [-0.2, 0) is 0 Å². The maximum absolute atomic E-state index is 12.8. The third-order valence-electron chi connectivity index (χ3n) is 1.37. The monoisotopic (exact) mass is 306 g/mol. The van der Waals surface area contributed by atoms with Gasteiger partial charge in [0.25, 0.3) is 0 Å². The van der Waals surface area contributed by atoms with Crippen molar-refractivity contribution in [2.45, 2.75) is 6.18 Å². The first-order valence-electron chi connectivity index (χ1n) is 3.63. The van der Waals surface area contributed by atoms with Crippen LogP contribution in [0.1, 0.15) is 0 Å². The van der Waals surface area contributed by atoms with E-state index in [1.165, 1.54) is 0 Å². The molecule has 0 saturated carbocycles. The predicted molar refractivity (Wildman–Crippen MR) is 50.7 cm³/mol. The summed E-state index contributed by atoms with van der Waals surface area (Å²) in [5.41, 5.74) is 0. The number of ether oxygens (including phenoxy) is 1. The second-order valence-electron chi connectivity index (χ2n) is 2.60. The van der Waals surface area contributed by atoms with Gasteiger partial charge in [0.15, 0.2) is 6.61 Å². The van der Waals surface area contributed by atoms with Gasteiger partial charge in [-0.25, -0.2) is 4.39 Å². The SMILES string of the molecule is Fc1cc(Cl)c(OCC(F)(F)F)cc1Br. The molecule has 0 spiro atoms. The Hall–Kier alpha value is -0.490. The van der Waals surface area contributed by atoms with Gasteiger partial charge in [0.05, 0.1) is 9.50 Å². The summed E-state index contributed by atoms with van der Waals surface area (Å²) in [4.78, 5) is 0. The summed E-state index contributed by atoms with van der Waals surface area (Å²) in [5.74, 6) is -0.887. The molecule has 1 rings (SSSR count). The highest BCUT2D eigenvalue weighted by atomic mass is 79.9. The van der Waals surface area contributed by atoms with Crippen molar-refractivity contribution in [1.82, 2.24) is 0 Å². The Kier molecular flexibility index (Phi) is 3.83. The van der Waals surface area contributed by atoms with Crippen LogP contribution in [0.4, 0.5) is 17.6 Å². The molecule has 0 N–H and O–H groups in total. The third-order valence-corrected chi connectivity index (χ3v) is 2.27. The maximum Gasteiger partial charge on any atom is 0.422 e. The van der Waals surface area contributed by atoms with Crippen molar-refractivity contribution in [3.05, 3.63) is 27.4 Å². The van der Waals surface area contributed by atoms with E-state index in [-0.39, 0.29) is 15.2 Å². The van der Waals surface area contributed by atoms with E-state index in [2.05, 4.69) is 20.7 Å². The highest BCUT2D eigenvalue weighted by Crippen LogP contribution is 2.31. The van der Waals surface area contributed by atoms with Crippen LogP contribution in [0.15, 0.2) is 16.6 Å². The Morgan fingerprint density at radius 3 is 2.47 bits per heavy atom. The van der Waals surface area contributed by atoms with E-state index >= 15 is 0 Å². The molecule has 0 aliphatic carbocycles. The standard InChI is InChI=1S/C8H4BrClF4O/c9-4-1-7(5(10)2-6(4)11)15-3-8(12,13)14/h1-2H,3H2. The van der Waals surface area contributed by atoms with Crippen molar-refractivity contribution in [2.24, 2.45) is 0 Å². The lowest BCUT2D eigenvalue weighted by Gasteiger charge is -2.10. The summed E-state index contributed by atoms with van der Waals surface area (Å²) in [6.45, 7) is -1.47. The Bertz CT molecular complexity index is 366. The first-order chi connectivity index (χ1) is 6.79. The van der Waals surface area contributed by atoms with Crippen molar-refractivity contribution in [2.75, 3.05) is 6.61 Å². The molecule has 0 saturated heterocycles. The topological polar surface area (TPSA) is 9.23 Å². The maximum atomic E-state index is 12.8. The van der Waals surface area contributed by atoms with Gasteiger partial charge < -0.3 is 4.74 Å². The molecule has 7 heteroatoms. The highest BCUT2D eigenvalue weighted by molar-refractivity contribution is 9.10. The largest absolute Gasteiger partial charge is 0.483 e. The minimum Gasteiger partial charge on any atom is -0.483 e. The van der Waals surface area contributed by atoms with Gasteiger partial charge in [-0.05, 0) is 28.1 Å². The number of alkyl halides is 3. The number of rotatable bonds is 2. The highest BCUT2D eigenvalue weighted by Gasteiger charge is 2.28. The number of hydrogen-bond acceptors (Lipinski definition) is 1. The molecular formula is C8H4BrClF4O. The lowest BCUT2D eigenvalue weighted by atomic mass is 10.3. The van der Waals surface area contributed by atoms with Gasteiger partial charge >= 0.3 is 6.18 Å². The van der Waals surface area contributed by atoms with Crippen LogP contribution in [0, 0.1) is 5.82 Å². The lowest BCUT2D eigenvalue weighted by Crippen LogP contribution is -2.19. The van der Waals surface area contributed by atoms with Gasteiger partial charge in [-0.2, -0.15) is 13.2 Å². The average molecular weight is 307 g/mol. The van der Waals surface area contributed by atoms with Crippen LogP contribution in [0.2, 0.25) is 5.02 Å². The summed E-state index contributed by atoms with van der Waals surface area (Å²) in [7, 11) is 0. The van der Waals surface area contributed by atoms with Crippen LogP contribution in [0.25, 0.3) is 0 Å². The van der Waals surface area contributed by atoms with Crippen LogP contribution >= 0.6 is 27.5 Å². The Morgan fingerprint density at radius 2 is 1.93 bits per heavy atom. The Morgan fingerprint density at radius 1 is 1.33 bits per heavy atom. The van der Waals surface area contributed by atoms with Crippen LogP contribution < -0.4 is 4.74 Å². The zero-order valence-corrected chi connectivity index (χ0v) is 9.38. The second-order valence-corrected chi connectivity index (χ2v) is 3.86. The van der Waals surface area contributed by atoms with Gasteiger partial charge in [0.1, 0.15) is 11.6 Å². The zero-order chi connectivity index (χ0) is 11.6. The predicted octanol–water partition coefficient (Wildman–Crippen LogP) is 4.18. The molecule has 0 aliphatic rings. The van der Waals surface area contributed by atoms with E-state index in [1.54, 1.807) is 0 Å². The molecule has 0 bridgehead atoms. The normalized spacial score (nSPS) is 11.6. The molecule has 0 atom stereocenters. The average Bonchev–Trinajstić information content (AvgIpc) is 2.07. The van der Waals surface area contributed by atoms with E-state index in [0.717, 1.165) is 12.1 Å². The van der Waals surface area contributed by atoms with Gasteiger partial charge in [-0.1, -0.05) is 11.6 Å². The van der Waals surface area contributed by atoms with Gasteiger partial charge in [0, 0.05) is 0 Å². The summed E-state index contributed by atoms with van der Waals surface area (Å²) >= 11 is 8.28. The van der Waals surface area contributed by atoms with Gasteiger partial charge in [-0.15, -0.1) is 0 Å². The fraction of sp³-hybridized carbons (Fsp3) is 0.250. The molecule has 0 amide bonds. The molecule has 15 heavy (non-hydrogen) atoms.